The number of hydrogen-bond donors (Lipinski definition) is 1. The summed E-state index contributed by atoms with van der Waals surface area (Å²) in [6.07, 6.45) is 2.01. The summed E-state index contributed by atoms with van der Waals surface area (Å²) < 4.78 is 0. The quantitative estimate of drug-likeness (QED) is 0.914. The summed E-state index contributed by atoms with van der Waals surface area (Å²) in [5, 5.41) is 10.5. The van der Waals surface area contributed by atoms with E-state index in [9.17, 15) is 5.11 Å². The van der Waals surface area contributed by atoms with Crippen LogP contribution < -0.4 is 0 Å². The summed E-state index contributed by atoms with van der Waals surface area (Å²) in [5.41, 5.74) is 3.49. The van der Waals surface area contributed by atoms with Crippen LogP contribution in [0, 0.1) is 13.8 Å². The minimum atomic E-state index is -0.391. The molecule has 1 saturated heterocycles. The number of aliphatic hydroxyl groups is 1. The summed E-state index contributed by atoms with van der Waals surface area (Å²) >= 11 is 0. The molecule has 1 unspecified atom stereocenters. The molecule has 112 valence electrons. The van der Waals surface area contributed by atoms with Gasteiger partial charge in [0, 0.05) is 12.6 Å². The third-order valence-electron chi connectivity index (χ3n) is 4.40. The molecule has 1 fully saturated rings. The van der Waals surface area contributed by atoms with Crippen LogP contribution in [-0.4, -0.2) is 54.7 Å². The molecular weight excluding hydrogens is 248 g/mol. The van der Waals surface area contributed by atoms with Crippen LogP contribution in [-0.2, 0) is 0 Å². The fraction of sp³-hybridized carbons (Fsp3) is 0.647. The largest absolute Gasteiger partial charge is 0.387 e. The third-order valence-corrected chi connectivity index (χ3v) is 4.40. The molecule has 0 aromatic heterocycles. The first kappa shape index (κ1) is 15.5. The van der Waals surface area contributed by atoms with Crippen molar-refractivity contribution < 1.29 is 5.11 Å². The number of nitrogens with zero attached hydrogens (tertiary/aromatic N) is 2. The van der Waals surface area contributed by atoms with Crippen LogP contribution in [0.15, 0.2) is 18.2 Å². The first-order valence-electron chi connectivity index (χ1n) is 7.60. The van der Waals surface area contributed by atoms with Crippen molar-refractivity contribution in [3.8, 4) is 0 Å². The van der Waals surface area contributed by atoms with E-state index < -0.39 is 6.10 Å². The Morgan fingerprint density at radius 2 is 1.75 bits per heavy atom. The van der Waals surface area contributed by atoms with E-state index in [2.05, 4.69) is 55.9 Å². The van der Waals surface area contributed by atoms with Gasteiger partial charge >= 0.3 is 0 Å². The number of rotatable bonds is 4. The van der Waals surface area contributed by atoms with Crippen LogP contribution in [0.25, 0.3) is 0 Å². The lowest BCUT2D eigenvalue weighted by atomic mass is 10.0. The molecule has 1 N–H and O–H groups in total. The molecule has 0 bridgehead atoms. The lowest BCUT2D eigenvalue weighted by molar-refractivity contribution is 0.0788. The van der Waals surface area contributed by atoms with E-state index in [4.69, 9.17) is 0 Å². The van der Waals surface area contributed by atoms with Gasteiger partial charge in [-0.15, -0.1) is 0 Å². The van der Waals surface area contributed by atoms with Crippen molar-refractivity contribution in [1.82, 2.24) is 9.80 Å². The Morgan fingerprint density at radius 3 is 2.30 bits per heavy atom. The van der Waals surface area contributed by atoms with Gasteiger partial charge in [0.1, 0.15) is 0 Å². The maximum Gasteiger partial charge on any atom is 0.0917 e. The fourth-order valence-corrected chi connectivity index (χ4v) is 3.17. The van der Waals surface area contributed by atoms with E-state index >= 15 is 0 Å². The van der Waals surface area contributed by atoms with E-state index in [0.717, 1.165) is 25.2 Å². The van der Waals surface area contributed by atoms with Gasteiger partial charge in [-0.25, -0.2) is 0 Å². The van der Waals surface area contributed by atoms with Gasteiger partial charge in [0.25, 0.3) is 0 Å². The molecule has 1 aliphatic rings. The fourth-order valence-electron chi connectivity index (χ4n) is 3.17. The zero-order chi connectivity index (χ0) is 14.7. The smallest absolute Gasteiger partial charge is 0.0917 e. The molecule has 1 aromatic rings. The summed E-state index contributed by atoms with van der Waals surface area (Å²) in [6.45, 7) is 7.22. The summed E-state index contributed by atoms with van der Waals surface area (Å²) in [6, 6.07) is 6.95. The Balaban J connectivity index is 1.94. The van der Waals surface area contributed by atoms with Crippen LogP contribution in [0.1, 0.15) is 35.6 Å². The van der Waals surface area contributed by atoms with Gasteiger partial charge in [-0.3, -0.25) is 0 Å². The van der Waals surface area contributed by atoms with Gasteiger partial charge in [0.15, 0.2) is 0 Å². The highest BCUT2D eigenvalue weighted by Crippen LogP contribution is 2.21. The highest BCUT2D eigenvalue weighted by Gasteiger charge is 2.22. The number of aryl methyl sites for hydroxylation is 2. The van der Waals surface area contributed by atoms with Crippen molar-refractivity contribution in [2.45, 2.75) is 38.8 Å². The van der Waals surface area contributed by atoms with Gasteiger partial charge in [-0.1, -0.05) is 29.3 Å². The van der Waals surface area contributed by atoms with Crippen molar-refractivity contribution in [2.24, 2.45) is 0 Å². The first-order valence-corrected chi connectivity index (χ1v) is 7.60. The van der Waals surface area contributed by atoms with Gasteiger partial charge in [0.2, 0.25) is 0 Å². The van der Waals surface area contributed by atoms with Crippen LogP contribution in [0.2, 0.25) is 0 Å². The molecule has 3 heteroatoms. The van der Waals surface area contributed by atoms with E-state index in [0.29, 0.717) is 6.04 Å². The molecule has 20 heavy (non-hydrogen) atoms. The zero-order valence-corrected chi connectivity index (χ0v) is 13.3. The van der Waals surface area contributed by atoms with Crippen molar-refractivity contribution in [1.29, 1.82) is 0 Å². The molecule has 1 atom stereocenters. The topological polar surface area (TPSA) is 26.7 Å². The highest BCUT2D eigenvalue weighted by atomic mass is 16.3. The van der Waals surface area contributed by atoms with Crippen LogP contribution in [0.5, 0.6) is 0 Å². The summed E-state index contributed by atoms with van der Waals surface area (Å²) in [7, 11) is 4.32. The molecule has 1 aromatic carbocycles. The van der Waals surface area contributed by atoms with Crippen molar-refractivity contribution >= 4 is 0 Å². The Bertz CT molecular complexity index is 418. The minimum Gasteiger partial charge on any atom is -0.387 e. The summed E-state index contributed by atoms with van der Waals surface area (Å²) in [4.78, 5) is 4.71. The van der Waals surface area contributed by atoms with Crippen molar-refractivity contribution in [2.75, 3.05) is 33.7 Å². The number of benzene rings is 1. The predicted octanol–water partition coefficient (Wildman–Crippen LogP) is 2.36. The first-order chi connectivity index (χ1) is 9.45. The SMILES string of the molecule is Cc1cc(C)cc(C(O)CN(C)C2CCN(C)CC2)c1. The van der Waals surface area contributed by atoms with Gasteiger partial charge in [-0.2, -0.15) is 0 Å². The lowest BCUT2D eigenvalue weighted by Crippen LogP contribution is -2.43. The highest BCUT2D eigenvalue weighted by molar-refractivity contribution is 5.30. The molecule has 0 spiro atoms. The Labute approximate surface area is 123 Å². The average Bonchev–Trinajstić information content (AvgIpc) is 2.38. The molecule has 0 amide bonds. The zero-order valence-electron chi connectivity index (χ0n) is 13.3. The molecule has 2 rings (SSSR count). The second-order valence-corrected chi connectivity index (χ2v) is 6.41. The van der Waals surface area contributed by atoms with E-state index in [1.807, 2.05) is 0 Å². The number of hydrogen-bond acceptors (Lipinski definition) is 3. The number of piperidine rings is 1. The predicted molar refractivity (Wildman–Crippen MR) is 84.0 cm³/mol. The maximum absolute atomic E-state index is 10.5. The minimum absolute atomic E-state index is 0.391. The molecule has 1 aliphatic heterocycles. The Morgan fingerprint density at radius 1 is 1.20 bits per heavy atom. The van der Waals surface area contributed by atoms with Crippen LogP contribution in [0.3, 0.4) is 0 Å². The third kappa shape index (κ3) is 4.05. The second kappa shape index (κ2) is 6.70. The number of likely N-dealkylation sites (tertiary alicyclic amines) is 1. The van der Waals surface area contributed by atoms with Crippen LogP contribution >= 0.6 is 0 Å². The number of aliphatic hydroxyl groups excluding tert-OH is 1. The van der Waals surface area contributed by atoms with Gasteiger partial charge in [0.05, 0.1) is 6.10 Å². The van der Waals surface area contributed by atoms with E-state index in [1.165, 1.54) is 24.0 Å². The monoisotopic (exact) mass is 276 g/mol. The van der Waals surface area contributed by atoms with Crippen molar-refractivity contribution in [3.63, 3.8) is 0 Å². The Kier molecular flexibility index (Phi) is 5.19. The molecule has 1 heterocycles. The Hall–Kier alpha value is -0.900. The molecular formula is C17H28N2O. The van der Waals surface area contributed by atoms with Gasteiger partial charge in [-0.05, 0) is 59.4 Å². The summed E-state index contributed by atoms with van der Waals surface area (Å²) in [5.74, 6) is 0. The second-order valence-electron chi connectivity index (χ2n) is 6.41. The normalized spacial score (nSPS) is 19.5. The van der Waals surface area contributed by atoms with Gasteiger partial charge < -0.3 is 14.9 Å². The molecule has 3 nitrogen and oxygen atoms in total. The average molecular weight is 276 g/mol. The molecule has 0 saturated carbocycles. The number of likely N-dealkylation sites (N-methyl/N-ethyl adjacent to an activating group) is 1. The van der Waals surface area contributed by atoms with E-state index in [-0.39, 0.29) is 0 Å². The lowest BCUT2D eigenvalue weighted by Gasteiger charge is -2.36. The maximum atomic E-state index is 10.5. The van der Waals surface area contributed by atoms with E-state index in [1.54, 1.807) is 0 Å². The van der Waals surface area contributed by atoms with Crippen LogP contribution in [0.4, 0.5) is 0 Å². The molecule has 0 radical (unpaired) electrons. The van der Waals surface area contributed by atoms with Crippen molar-refractivity contribution in [3.05, 3.63) is 34.9 Å². The molecule has 0 aliphatic carbocycles. The standard InChI is InChI=1S/C17H28N2O/c1-13-9-14(2)11-15(10-13)17(20)12-19(4)16-5-7-18(3)8-6-16/h9-11,16-17,20H,5-8,12H2,1-4H3.